The average molecular weight is 347 g/mol. The van der Waals surface area contributed by atoms with Crippen LogP contribution in [-0.4, -0.2) is 11.7 Å². The number of hydrogen-bond donors (Lipinski definition) is 1. The highest BCUT2D eigenvalue weighted by Gasteiger charge is 2.29. The second kappa shape index (κ2) is 5.04. The molecule has 2 heterocycles. The van der Waals surface area contributed by atoms with Crippen LogP contribution in [0.5, 0.6) is 11.5 Å². The average Bonchev–Trinajstić information content (AvgIpc) is 2.95. The van der Waals surface area contributed by atoms with E-state index >= 15 is 0 Å². The minimum Gasteiger partial charge on any atom is -0.493 e. The first-order chi connectivity index (χ1) is 10.2. The molecule has 0 bridgehead atoms. The molecule has 0 saturated carbocycles. The molecule has 2 aromatic carbocycles. The molecule has 0 spiro atoms. The zero-order valence-electron chi connectivity index (χ0n) is 11.4. The van der Waals surface area contributed by atoms with Gasteiger partial charge in [0.15, 0.2) is 0 Å². The standard InChI is InChI=1S/C17H15BrO3/c18-12-2-4-16-13(8-12)14(19)9-17(21-16)10-1-3-15-11(7-10)5-6-20-15/h1-4,7-8,14,17,19H,5-6,9H2/t14-,17?/m1/s1. The van der Waals surface area contributed by atoms with Crippen molar-refractivity contribution in [2.24, 2.45) is 0 Å². The quantitative estimate of drug-likeness (QED) is 0.849. The first-order valence-corrected chi connectivity index (χ1v) is 7.90. The summed E-state index contributed by atoms with van der Waals surface area (Å²) in [6.07, 6.45) is 0.908. The molecule has 0 fully saturated rings. The van der Waals surface area contributed by atoms with Gasteiger partial charge in [-0.2, -0.15) is 0 Å². The Balaban J connectivity index is 1.67. The summed E-state index contributed by atoms with van der Waals surface area (Å²) >= 11 is 3.43. The monoisotopic (exact) mass is 346 g/mol. The summed E-state index contributed by atoms with van der Waals surface area (Å²) in [7, 11) is 0. The highest BCUT2D eigenvalue weighted by atomic mass is 79.9. The second-order valence-corrected chi connectivity index (χ2v) is 6.42. The fourth-order valence-corrected chi connectivity index (χ4v) is 3.41. The predicted molar refractivity (Wildman–Crippen MR) is 82.7 cm³/mol. The SMILES string of the molecule is O[C@@H]1CC(c2ccc3c(c2)CCO3)Oc2ccc(Br)cc21. The van der Waals surface area contributed by atoms with Gasteiger partial charge in [0, 0.05) is 22.9 Å². The lowest BCUT2D eigenvalue weighted by atomic mass is 9.94. The lowest BCUT2D eigenvalue weighted by molar-refractivity contribution is 0.0656. The number of ether oxygens (including phenoxy) is 2. The molecular weight excluding hydrogens is 332 g/mol. The summed E-state index contributed by atoms with van der Waals surface area (Å²) < 4.78 is 12.6. The number of hydrogen-bond acceptors (Lipinski definition) is 3. The van der Waals surface area contributed by atoms with Gasteiger partial charge in [-0.3, -0.25) is 0 Å². The van der Waals surface area contributed by atoms with Crippen molar-refractivity contribution in [3.05, 3.63) is 57.6 Å². The van der Waals surface area contributed by atoms with Gasteiger partial charge in [-0.1, -0.05) is 22.0 Å². The van der Waals surface area contributed by atoms with Gasteiger partial charge in [-0.05, 0) is 41.5 Å². The molecule has 0 amide bonds. The molecule has 1 N–H and O–H groups in total. The zero-order chi connectivity index (χ0) is 14.4. The highest BCUT2D eigenvalue weighted by Crippen LogP contribution is 2.42. The summed E-state index contributed by atoms with van der Waals surface area (Å²) in [5.41, 5.74) is 3.18. The van der Waals surface area contributed by atoms with E-state index in [1.165, 1.54) is 5.56 Å². The first kappa shape index (κ1) is 13.2. The van der Waals surface area contributed by atoms with Crippen LogP contribution >= 0.6 is 15.9 Å². The number of halogens is 1. The van der Waals surface area contributed by atoms with Gasteiger partial charge in [0.1, 0.15) is 17.6 Å². The van der Waals surface area contributed by atoms with E-state index in [1.54, 1.807) is 0 Å². The predicted octanol–water partition coefficient (Wildman–Crippen LogP) is 3.94. The number of aliphatic hydroxyl groups is 1. The van der Waals surface area contributed by atoms with E-state index in [1.807, 2.05) is 30.3 Å². The molecule has 4 heteroatoms. The summed E-state index contributed by atoms with van der Waals surface area (Å²) in [6.45, 7) is 0.754. The molecule has 0 radical (unpaired) electrons. The second-order valence-electron chi connectivity index (χ2n) is 5.51. The lowest BCUT2D eigenvalue weighted by Gasteiger charge is -2.30. The van der Waals surface area contributed by atoms with Gasteiger partial charge in [0.05, 0.1) is 12.7 Å². The molecule has 0 aliphatic carbocycles. The molecule has 108 valence electrons. The molecule has 0 saturated heterocycles. The van der Waals surface area contributed by atoms with Gasteiger partial charge in [-0.25, -0.2) is 0 Å². The largest absolute Gasteiger partial charge is 0.493 e. The van der Waals surface area contributed by atoms with Gasteiger partial charge < -0.3 is 14.6 Å². The van der Waals surface area contributed by atoms with E-state index in [4.69, 9.17) is 9.47 Å². The normalized spacial score (nSPS) is 23.0. The molecule has 3 nitrogen and oxygen atoms in total. The van der Waals surface area contributed by atoms with E-state index in [2.05, 4.69) is 22.0 Å². The Hall–Kier alpha value is -1.52. The Morgan fingerprint density at radius 3 is 2.86 bits per heavy atom. The Morgan fingerprint density at radius 2 is 1.95 bits per heavy atom. The van der Waals surface area contributed by atoms with Crippen molar-refractivity contribution in [3.63, 3.8) is 0 Å². The van der Waals surface area contributed by atoms with Gasteiger partial charge in [0.25, 0.3) is 0 Å². The highest BCUT2D eigenvalue weighted by molar-refractivity contribution is 9.10. The lowest BCUT2D eigenvalue weighted by Crippen LogP contribution is -2.19. The Labute approximate surface area is 131 Å². The van der Waals surface area contributed by atoms with Crippen LogP contribution < -0.4 is 9.47 Å². The van der Waals surface area contributed by atoms with Crippen LogP contribution in [0.3, 0.4) is 0 Å². The summed E-state index contributed by atoms with van der Waals surface area (Å²) in [4.78, 5) is 0. The fraction of sp³-hybridized carbons (Fsp3) is 0.294. The van der Waals surface area contributed by atoms with E-state index in [0.717, 1.165) is 40.1 Å². The smallest absolute Gasteiger partial charge is 0.127 e. The van der Waals surface area contributed by atoms with Crippen molar-refractivity contribution < 1.29 is 14.6 Å². The van der Waals surface area contributed by atoms with Crippen molar-refractivity contribution in [2.45, 2.75) is 25.0 Å². The third kappa shape index (κ3) is 2.32. The van der Waals surface area contributed by atoms with E-state index < -0.39 is 6.10 Å². The molecule has 2 atom stereocenters. The van der Waals surface area contributed by atoms with Crippen molar-refractivity contribution >= 4 is 15.9 Å². The zero-order valence-corrected chi connectivity index (χ0v) is 13.0. The van der Waals surface area contributed by atoms with Crippen LogP contribution in [-0.2, 0) is 6.42 Å². The fourth-order valence-electron chi connectivity index (χ4n) is 3.03. The van der Waals surface area contributed by atoms with Crippen molar-refractivity contribution in [3.8, 4) is 11.5 Å². The molecule has 1 unspecified atom stereocenters. The number of aliphatic hydroxyl groups excluding tert-OH is 1. The number of fused-ring (bicyclic) bond motifs is 2. The van der Waals surface area contributed by atoms with Crippen molar-refractivity contribution in [1.29, 1.82) is 0 Å². The maximum Gasteiger partial charge on any atom is 0.127 e. The van der Waals surface area contributed by atoms with Crippen LogP contribution in [0.1, 0.15) is 35.3 Å². The van der Waals surface area contributed by atoms with Gasteiger partial charge >= 0.3 is 0 Å². The molecule has 21 heavy (non-hydrogen) atoms. The van der Waals surface area contributed by atoms with E-state index in [9.17, 15) is 5.11 Å². The Bertz CT molecular complexity index is 698. The molecule has 2 aliphatic heterocycles. The third-order valence-electron chi connectivity index (χ3n) is 4.12. The molecule has 2 aromatic rings. The molecule has 0 aromatic heterocycles. The van der Waals surface area contributed by atoms with Crippen LogP contribution in [0.2, 0.25) is 0 Å². The van der Waals surface area contributed by atoms with Crippen molar-refractivity contribution in [2.75, 3.05) is 6.61 Å². The first-order valence-electron chi connectivity index (χ1n) is 7.10. The minimum atomic E-state index is -0.499. The Kier molecular flexibility index (Phi) is 3.16. The summed E-state index contributed by atoms with van der Waals surface area (Å²) in [5, 5.41) is 10.4. The summed E-state index contributed by atoms with van der Waals surface area (Å²) in [5.74, 6) is 1.73. The Morgan fingerprint density at radius 1 is 1.10 bits per heavy atom. The molecule has 2 aliphatic rings. The minimum absolute atomic E-state index is 0.112. The summed E-state index contributed by atoms with van der Waals surface area (Å²) in [6, 6.07) is 11.9. The number of rotatable bonds is 1. The van der Waals surface area contributed by atoms with Crippen LogP contribution in [0, 0.1) is 0 Å². The van der Waals surface area contributed by atoms with Gasteiger partial charge in [-0.15, -0.1) is 0 Å². The number of benzene rings is 2. The topological polar surface area (TPSA) is 38.7 Å². The van der Waals surface area contributed by atoms with Gasteiger partial charge in [0.2, 0.25) is 0 Å². The van der Waals surface area contributed by atoms with Crippen LogP contribution in [0.4, 0.5) is 0 Å². The molecular formula is C17H15BrO3. The van der Waals surface area contributed by atoms with E-state index in [0.29, 0.717) is 6.42 Å². The molecule has 4 rings (SSSR count). The maximum atomic E-state index is 10.4. The van der Waals surface area contributed by atoms with E-state index in [-0.39, 0.29) is 6.10 Å². The van der Waals surface area contributed by atoms with Crippen molar-refractivity contribution in [1.82, 2.24) is 0 Å². The van der Waals surface area contributed by atoms with Crippen LogP contribution in [0.15, 0.2) is 40.9 Å². The van der Waals surface area contributed by atoms with Crippen LogP contribution in [0.25, 0.3) is 0 Å². The third-order valence-corrected chi connectivity index (χ3v) is 4.62. The maximum absolute atomic E-state index is 10.4.